The standard InChI is InChI=1S/C18H21N3O4S2/c1-11-3-5-12(6-4-11)27(24,25)10-15(22)20-18-16(17(19)23)13-7-8-21(2)9-14(13)26-18/h3-6H,7-10H2,1-2H3,(H2,19,23)(H,20,22). The third-order valence-electron chi connectivity index (χ3n) is 4.45. The number of nitrogens with one attached hydrogen (secondary N) is 1. The highest BCUT2D eigenvalue weighted by atomic mass is 32.2. The molecule has 7 nitrogen and oxygen atoms in total. The van der Waals surface area contributed by atoms with Crippen molar-refractivity contribution in [1.29, 1.82) is 0 Å². The molecule has 0 spiro atoms. The number of sulfone groups is 1. The van der Waals surface area contributed by atoms with E-state index in [1.54, 1.807) is 12.1 Å². The normalized spacial score (nSPS) is 14.6. The number of rotatable bonds is 5. The SMILES string of the molecule is Cc1ccc(S(=O)(=O)CC(=O)Nc2sc3c(c2C(N)=O)CCN(C)C3)cc1. The van der Waals surface area contributed by atoms with Crippen molar-refractivity contribution in [3.8, 4) is 0 Å². The molecule has 3 rings (SSSR count). The molecule has 0 aliphatic carbocycles. The van der Waals surface area contributed by atoms with E-state index in [9.17, 15) is 18.0 Å². The zero-order valence-electron chi connectivity index (χ0n) is 15.1. The van der Waals surface area contributed by atoms with Crippen molar-refractivity contribution in [2.45, 2.75) is 24.8 Å². The van der Waals surface area contributed by atoms with Gasteiger partial charge in [-0.3, -0.25) is 9.59 Å². The minimum atomic E-state index is -3.77. The summed E-state index contributed by atoms with van der Waals surface area (Å²) in [5.74, 6) is -2.00. The maximum absolute atomic E-state index is 12.4. The van der Waals surface area contributed by atoms with Crippen molar-refractivity contribution in [3.63, 3.8) is 0 Å². The van der Waals surface area contributed by atoms with Gasteiger partial charge in [-0.2, -0.15) is 0 Å². The summed E-state index contributed by atoms with van der Waals surface area (Å²) in [7, 11) is -1.80. The second-order valence-corrected chi connectivity index (χ2v) is 9.78. The second-order valence-electron chi connectivity index (χ2n) is 6.68. The Labute approximate surface area is 162 Å². The van der Waals surface area contributed by atoms with Gasteiger partial charge in [-0.15, -0.1) is 11.3 Å². The first kappa shape index (κ1) is 19.5. The van der Waals surface area contributed by atoms with E-state index in [1.807, 2.05) is 14.0 Å². The number of primary amides is 1. The number of carbonyl (C=O) groups excluding carboxylic acids is 2. The van der Waals surface area contributed by atoms with Gasteiger partial charge < -0.3 is 16.0 Å². The average Bonchev–Trinajstić information content (AvgIpc) is 2.91. The molecule has 1 aromatic carbocycles. The minimum Gasteiger partial charge on any atom is -0.365 e. The van der Waals surface area contributed by atoms with E-state index < -0.39 is 27.4 Å². The van der Waals surface area contributed by atoms with E-state index in [4.69, 9.17) is 5.73 Å². The lowest BCUT2D eigenvalue weighted by Crippen LogP contribution is -2.27. The molecule has 0 saturated carbocycles. The van der Waals surface area contributed by atoms with Crippen molar-refractivity contribution < 1.29 is 18.0 Å². The van der Waals surface area contributed by atoms with Gasteiger partial charge in [-0.25, -0.2) is 8.42 Å². The smallest absolute Gasteiger partial charge is 0.251 e. The Balaban J connectivity index is 1.82. The van der Waals surface area contributed by atoms with Gasteiger partial charge in [0.1, 0.15) is 10.8 Å². The molecule has 0 radical (unpaired) electrons. The molecule has 27 heavy (non-hydrogen) atoms. The Kier molecular flexibility index (Phi) is 5.36. The summed E-state index contributed by atoms with van der Waals surface area (Å²) < 4.78 is 24.9. The number of fused-ring (bicyclic) bond motifs is 1. The van der Waals surface area contributed by atoms with E-state index >= 15 is 0 Å². The maximum Gasteiger partial charge on any atom is 0.251 e. The van der Waals surface area contributed by atoms with Crippen molar-refractivity contribution in [2.75, 3.05) is 24.7 Å². The van der Waals surface area contributed by atoms with Crippen LogP contribution in [0.5, 0.6) is 0 Å². The lowest BCUT2D eigenvalue weighted by molar-refractivity contribution is -0.113. The lowest BCUT2D eigenvalue weighted by atomic mass is 10.0. The zero-order valence-corrected chi connectivity index (χ0v) is 16.7. The summed E-state index contributed by atoms with van der Waals surface area (Å²) >= 11 is 1.28. The first-order chi connectivity index (χ1) is 12.7. The van der Waals surface area contributed by atoms with Gasteiger partial charge >= 0.3 is 0 Å². The van der Waals surface area contributed by atoms with Crippen molar-refractivity contribution >= 4 is 38.0 Å². The lowest BCUT2D eigenvalue weighted by Gasteiger charge is -2.22. The van der Waals surface area contributed by atoms with Crippen LogP contribution in [0.4, 0.5) is 5.00 Å². The molecule has 0 bridgehead atoms. The van der Waals surface area contributed by atoms with Crippen LogP contribution >= 0.6 is 11.3 Å². The number of thiophene rings is 1. The van der Waals surface area contributed by atoms with Gasteiger partial charge in [0.05, 0.1) is 10.5 Å². The fourth-order valence-corrected chi connectivity index (χ4v) is 5.53. The molecule has 0 saturated heterocycles. The predicted molar refractivity (Wildman–Crippen MR) is 105 cm³/mol. The number of anilines is 1. The van der Waals surface area contributed by atoms with Crippen LogP contribution in [0.15, 0.2) is 29.2 Å². The average molecular weight is 408 g/mol. The van der Waals surface area contributed by atoms with E-state index in [2.05, 4.69) is 10.2 Å². The predicted octanol–water partition coefficient (Wildman–Crippen LogP) is 1.56. The topological polar surface area (TPSA) is 110 Å². The molecule has 2 aromatic rings. The molecular formula is C18H21N3O4S2. The van der Waals surface area contributed by atoms with E-state index in [1.165, 1.54) is 23.5 Å². The quantitative estimate of drug-likeness (QED) is 0.782. The first-order valence-corrected chi connectivity index (χ1v) is 10.9. The van der Waals surface area contributed by atoms with Gasteiger partial charge in [0.25, 0.3) is 5.91 Å². The van der Waals surface area contributed by atoms with Crippen LogP contribution in [0.25, 0.3) is 0 Å². The van der Waals surface area contributed by atoms with Gasteiger partial charge in [0, 0.05) is 18.0 Å². The fourth-order valence-electron chi connectivity index (χ4n) is 3.04. The van der Waals surface area contributed by atoms with Gasteiger partial charge in [-0.1, -0.05) is 17.7 Å². The molecule has 0 unspecified atom stereocenters. The number of benzene rings is 1. The van der Waals surface area contributed by atoms with Crippen molar-refractivity contribution in [1.82, 2.24) is 4.90 Å². The number of hydrogen-bond donors (Lipinski definition) is 2. The summed E-state index contributed by atoms with van der Waals surface area (Å²) in [5.41, 5.74) is 7.58. The molecule has 1 aliphatic heterocycles. The summed E-state index contributed by atoms with van der Waals surface area (Å²) in [5, 5.41) is 2.91. The Morgan fingerprint density at radius 3 is 2.56 bits per heavy atom. The summed E-state index contributed by atoms with van der Waals surface area (Å²) in [4.78, 5) is 27.4. The molecule has 0 atom stereocenters. The maximum atomic E-state index is 12.4. The molecule has 9 heteroatoms. The number of likely N-dealkylation sites (N-methyl/N-ethyl adjacent to an activating group) is 1. The molecule has 3 N–H and O–H groups in total. The van der Waals surface area contributed by atoms with Crippen molar-refractivity contribution in [2.24, 2.45) is 5.73 Å². The molecule has 144 valence electrons. The second kappa shape index (κ2) is 7.41. The highest BCUT2D eigenvalue weighted by Crippen LogP contribution is 2.36. The van der Waals surface area contributed by atoms with Crippen LogP contribution in [-0.2, 0) is 27.6 Å². The number of amides is 2. The Morgan fingerprint density at radius 1 is 1.26 bits per heavy atom. The van der Waals surface area contributed by atoms with Crippen molar-refractivity contribution in [3.05, 3.63) is 45.8 Å². The number of nitrogens with two attached hydrogens (primary N) is 1. The molecule has 2 heterocycles. The molecule has 1 aliphatic rings. The summed E-state index contributed by atoms with van der Waals surface area (Å²) in [6.07, 6.45) is 0.665. The van der Waals surface area contributed by atoms with Crippen LogP contribution < -0.4 is 11.1 Å². The monoisotopic (exact) mass is 407 g/mol. The highest BCUT2D eigenvalue weighted by Gasteiger charge is 2.27. The Bertz CT molecular complexity index is 994. The number of carbonyl (C=O) groups is 2. The molecule has 1 aromatic heterocycles. The van der Waals surface area contributed by atoms with Gasteiger partial charge in [-0.05, 0) is 38.1 Å². The highest BCUT2D eigenvalue weighted by molar-refractivity contribution is 7.92. The summed E-state index contributed by atoms with van der Waals surface area (Å²) in [6.45, 7) is 3.31. The summed E-state index contributed by atoms with van der Waals surface area (Å²) in [6, 6.07) is 6.32. The zero-order chi connectivity index (χ0) is 19.8. The van der Waals surface area contributed by atoms with Crippen LogP contribution in [-0.4, -0.2) is 44.5 Å². The molecule has 0 fully saturated rings. The Hall–Kier alpha value is -2.23. The van der Waals surface area contributed by atoms with Crippen LogP contribution in [0.1, 0.15) is 26.4 Å². The number of hydrogen-bond acceptors (Lipinski definition) is 6. The molecule has 2 amide bonds. The van der Waals surface area contributed by atoms with E-state index in [0.717, 1.165) is 22.5 Å². The fraction of sp³-hybridized carbons (Fsp3) is 0.333. The Morgan fingerprint density at radius 2 is 1.93 bits per heavy atom. The van der Waals surface area contributed by atoms with E-state index in [0.29, 0.717) is 23.5 Å². The third-order valence-corrected chi connectivity index (χ3v) is 7.21. The minimum absolute atomic E-state index is 0.0884. The van der Waals surface area contributed by atoms with Gasteiger partial charge in [0.15, 0.2) is 9.84 Å². The van der Waals surface area contributed by atoms with E-state index in [-0.39, 0.29) is 4.90 Å². The number of aryl methyl sites for hydroxylation is 1. The first-order valence-electron chi connectivity index (χ1n) is 8.39. The van der Waals surface area contributed by atoms with Gasteiger partial charge in [0.2, 0.25) is 5.91 Å². The van der Waals surface area contributed by atoms with Crippen LogP contribution in [0.3, 0.4) is 0 Å². The molecular weight excluding hydrogens is 386 g/mol. The van der Waals surface area contributed by atoms with Crippen LogP contribution in [0, 0.1) is 6.92 Å². The third kappa shape index (κ3) is 4.20. The van der Waals surface area contributed by atoms with Crippen LogP contribution in [0.2, 0.25) is 0 Å². The largest absolute Gasteiger partial charge is 0.365 e. The number of nitrogens with zero attached hydrogens (tertiary/aromatic N) is 1.